The highest BCUT2D eigenvalue weighted by atomic mass is 16.5. The monoisotopic (exact) mass is 342 g/mol. The van der Waals surface area contributed by atoms with Gasteiger partial charge in [0.05, 0.1) is 18.3 Å². The van der Waals surface area contributed by atoms with Crippen LogP contribution in [0.2, 0.25) is 0 Å². The van der Waals surface area contributed by atoms with Gasteiger partial charge in [0, 0.05) is 38.1 Å². The zero-order valence-electron chi connectivity index (χ0n) is 14.1. The Labute approximate surface area is 146 Å². The van der Waals surface area contributed by atoms with Crippen molar-refractivity contribution in [2.45, 2.75) is 37.3 Å². The number of amides is 1. The molecule has 0 aliphatic carbocycles. The lowest BCUT2D eigenvalue weighted by atomic mass is 9.89. The number of ether oxygens (including phenoxy) is 1. The summed E-state index contributed by atoms with van der Waals surface area (Å²) >= 11 is 0. The van der Waals surface area contributed by atoms with Crippen molar-refractivity contribution in [3.8, 4) is 0 Å². The maximum atomic E-state index is 12.5. The third-order valence-electron chi connectivity index (χ3n) is 4.97. The fraction of sp³-hybridized carbons (Fsp3) is 0.500. The lowest BCUT2D eigenvalue weighted by molar-refractivity contribution is -0.132. The first-order valence-electron chi connectivity index (χ1n) is 8.70. The van der Waals surface area contributed by atoms with Crippen LogP contribution in [0.4, 0.5) is 5.95 Å². The van der Waals surface area contributed by atoms with Gasteiger partial charge in [0.1, 0.15) is 5.76 Å². The maximum Gasteiger partial charge on any atom is 0.230 e. The number of furan rings is 1. The molecular formula is C18H22N4O3. The molecule has 2 aliphatic rings. The van der Waals surface area contributed by atoms with Crippen LogP contribution in [0.15, 0.2) is 41.3 Å². The van der Waals surface area contributed by atoms with Crippen LogP contribution >= 0.6 is 0 Å². The molecule has 0 radical (unpaired) electrons. The quantitative estimate of drug-likeness (QED) is 0.914. The highest BCUT2D eigenvalue weighted by Crippen LogP contribution is 2.35. The van der Waals surface area contributed by atoms with Crippen molar-refractivity contribution in [3.05, 3.63) is 42.6 Å². The highest BCUT2D eigenvalue weighted by molar-refractivity contribution is 5.78. The minimum absolute atomic E-state index is 0.0944. The zero-order chi connectivity index (χ0) is 17.1. The molecule has 7 heteroatoms. The topological polar surface area (TPSA) is 80.5 Å². The highest BCUT2D eigenvalue weighted by Gasteiger charge is 2.44. The Hall–Kier alpha value is -2.41. The Balaban J connectivity index is 1.36. The van der Waals surface area contributed by atoms with Crippen LogP contribution in [0.1, 0.15) is 25.0 Å². The van der Waals surface area contributed by atoms with Gasteiger partial charge in [0.2, 0.25) is 11.9 Å². The minimum Gasteiger partial charge on any atom is -0.469 e. The summed E-state index contributed by atoms with van der Waals surface area (Å²) < 4.78 is 11.4. The van der Waals surface area contributed by atoms with E-state index in [1.807, 2.05) is 11.0 Å². The van der Waals surface area contributed by atoms with E-state index in [0.29, 0.717) is 31.3 Å². The van der Waals surface area contributed by atoms with E-state index < -0.39 is 0 Å². The smallest absolute Gasteiger partial charge is 0.230 e. The summed E-state index contributed by atoms with van der Waals surface area (Å²) in [5.74, 6) is 1.45. The Morgan fingerprint density at radius 1 is 1.36 bits per heavy atom. The lowest BCUT2D eigenvalue weighted by Gasteiger charge is -2.38. The SMILES string of the molecule is O=C(Cc1ccco1)N1CC[C@@]2(C[C@H](Nc3ncccn3)CCO2)C1. The lowest BCUT2D eigenvalue weighted by Crippen LogP contribution is -2.47. The van der Waals surface area contributed by atoms with Crippen LogP contribution in [0.25, 0.3) is 0 Å². The van der Waals surface area contributed by atoms with Crippen LogP contribution < -0.4 is 5.32 Å². The van der Waals surface area contributed by atoms with Gasteiger partial charge in [-0.05, 0) is 37.5 Å². The van der Waals surface area contributed by atoms with Crippen molar-refractivity contribution >= 4 is 11.9 Å². The van der Waals surface area contributed by atoms with Crippen LogP contribution in [0.3, 0.4) is 0 Å². The number of rotatable bonds is 4. The summed E-state index contributed by atoms with van der Waals surface area (Å²) in [7, 11) is 0. The van der Waals surface area contributed by atoms with Gasteiger partial charge < -0.3 is 19.4 Å². The number of carbonyl (C=O) groups excluding carboxylic acids is 1. The summed E-state index contributed by atoms with van der Waals surface area (Å²) in [6.45, 7) is 2.05. The fourth-order valence-corrected chi connectivity index (χ4v) is 3.72. The molecule has 2 aromatic heterocycles. The van der Waals surface area contributed by atoms with Crippen LogP contribution in [0.5, 0.6) is 0 Å². The summed E-state index contributed by atoms with van der Waals surface area (Å²) in [6, 6.07) is 5.70. The first-order valence-corrected chi connectivity index (χ1v) is 8.70. The number of likely N-dealkylation sites (tertiary alicyclic amines) is 1. The minimum atomic E-state index is -0.260. The summed E-state index contributed by atoms with van der Waals surface area (Å²) in [5.41, 5.74) is -0.260. The number of nitrogens with zero attached hydrogens (tertiary/aromatic N) is 3. The van der Waals surface area contributed by atoms with Crippen LogP contribution in [0, 0.1) is 0 Å². The molecule has 25 heavy (non-hydrogen) atoms. The number of carbonyl (C=O) groups is 1. The molecule has 1 spiro atoms. The van der Waals surface area contributed by atoms with Crippen molar-refractivity contribution in [1.82, 2.24) is 14.9 Å². The Morgan fingerprint density at radius 2 is 2.24 bits per heavy atom. The molecule has 4 rings (SSSR count). The van der Waals surface area contributed by atoms with Gasteiger partial charge in [-0.2, -0.15) is 0 Å². The van der Waals surface area contributed by atoms with E-state index in [9.17, 15) is 4.79 Å². The zero-order valence-corrected chi connectivity index (χ0v) is 14.1. The molecule has 0 unspecified atom stereocenters. The number of nitrogens with one attached hydrogen (secondary N) is 1. The van der Waals surface area contributed by atoms with Gasteiger partial charge in [-0.15, -0.1) is 0 Å². The van der Waals surface area contributed by atoms with E-state index in [1.54, 1.807) is 30.8 Å². The molecule has 2 fully saturated rings. The number of aromatic nitrogens is 2. The summed E-state index contributed by atoms with van der Waals surface area (Å²) in [5, 5.41) is 3.39. The van der Waals surface area contributed by atoms with Gasteiger partial charge in [-0.1, -0.05) is 0 Å². The molecule has 132 valence electrons. The molecule has 0 bridgehead atoms. The standard InChI is InChI=1S/C18H22N4O3/c23-16(11-15-3-1-9-24-15)22-8-5-18(13-22)12-14(4-10-25-18)21-17-19-6-2-7-20-17/h1-3,6-7,9,14H,4-5,8,10-13H2,(H,19,20,21)/t14-,18-/m1/s1. The first-order chi connectivity index (χ1) is 12.2. The molecule has 2 atom stereocenters. The van der Waals surface area contributed by atoms with E-state index in [1.165, 1.54) is 0 Å². The Bertz CT molecular complexity index is 706. The average Bonchev–Trinajstić information content (AvgIpc) is 3.26. The van der Waals surface area contributed by atoms with Gasteiger partial charge >= 0.3 is 0 Å². The van der Waals surface area contributed by atoms with Crippen LogP contribution in [-0.4, -0.2) is 52.1 Å². The van der Waals surface area contributed by atoms with E-state index >= 15 is 0 Å². The summed E-state index contributed by atoms with van der Waals surface area (Å²) in [6.07, 6.45) is 8.01. The third-order valence-corrected chi connectivity index (χ3v) is 4.97. The Kier molecular flexibility index (Phi) is 4.40. The molecule has 2 saturated heterocycles. The van der Waals surface area contributed by atoms with Crippen molar-refractivity contribution in [1.29, 1.82) is 0 Å². The van der Waals surface area contributed by atoms with Crippen LogP contribution in [-0.2, 0) is 16.0 Å². The summed E-state index contributed by atoms with van der Waals surface area (Å²) in [4.78, 5) is 22.8. The van der Waals surface area contributed by atoms with E-state index in [4.69, 9.17) is 9.15 Å². The molecule has 1 N–H and O–H groups in total. The van der Waals surface area contributed by atoms with Gasteiger partial charge in [-0.3, -0.25) is 4.79 Å². The number of hydrogen-bond acceptors (Lipinski definition) is 6. The average molecular weight is 342 g/mol. The maximum absolute atomic E-state index is 12.5. The van der Waals surface area contributed by atoms with Gasteiger partial charge in [-0.25, -0.2) is 9.97 Å². The fourth-order valence-electron chi connectivity index (χ4n) is 3.72. The van der Waals surface area contributed by atoms with E-state index in [0.717, 1.165) is 25.8 Å². The van der Waals surface area contributed by atoms with Crippen molar-refractivity contribution < 1.29 is 13.9 Å². The molecular weight excluding hydrogens is 320 g/mol. The molecule has 7 nitrogen and oxygen atoms in total. The van der Waals surface area contributed by atoms with Crippen molar-refractivity contribution in [3.63, 3.8) is 0 Å². The second-order valence-electron chi connectivity index (χ2n) is 6.76. The largest absolute Gasteiger partial charge is 0.469 e. The molecule has 0 aromatic carbocycles. The molecule has 2 aliphatic heterocycles. The van der Waals surface area contributed by atoms with Gasteiger partial charge in [0.25, 0.3) is 0 Å². The second kappa shape index (κ2) is 6.84. The number of hydrogen-bond donors (Lipinski definition) is 1. The Morgan fingerprint density at radius 3 is 3.04 bits per heavy atom. The third kappa shape index (κ3) is 3.66. The van der Waals surface area contributed by atoms with Crippen molar-refractivity contribution in [2.24, 2.45) is 0 Å². The molecule has 0 saturated carbocycles. The van der Waals surface area contributed by atoms with E-state index in [-0.39, 0.29) is 17.6 Å². The van der Waals surface area contributed by atoms with E-state index in [2.05, 4.69) is 15.3 Å². The molecule has 2 aromatic rings. The van der Waals surface area contributed by atoms with Crippen molar-refractivity contribution in [2.75, 3.05) is 25.0 Å². The first kappa shape index (κ1) is 16.1. The molecule has 4 heterocycles. The normalized spacial score (nSPS) is 26.1. The van der Waals surface area contributed by atoms with Gasteiger partial charge in [0.15, 0.2) is 0 Å². The number of anilines is 1. The second-order valence-corrected chi connectivity index (χ2v) is 6.76. The molecule has 1 amide bonds. The predicted octanol–water partition coefficient (Wildman–Crippen LogP) is 1.87. The predicted molar refractivity (Wildman–Crippen MR) is 91.0 cm³/mol.